The van der Waals surface area contributed by atoms with Crippen LogP contribution in [0.2, 0.25) is 36.3 Å². The molecular formula is C36H76O4Si2Ti. The van der Waals surface area contributed by atoms with E-state index in [1.807, 2.05) is 0 Å². The van der Waals surface area contributed by atoms with Crippen LogP contribution in [0, 0.1) is 35.5 Å². The summed E-state index contributed by atoms with van der Waals surface area (Å²) < 4.78 is 31.3. The molecule has 2 aliphatic carbocycles. The van der Waals surface area contributed by atoms with Crippen molar-refractivity contribution in [1.29, 1.82) is 0 Å². The van der Waals surface area contributed by atoms with E-state index in [-0.39, 0.29) is 12.2 Å². The molecule has 7 heteroatoms. The quantitative estimate of drug-likeness (QED) is 0.120. The third-order valence-electron chi connectivity index (χ3n) is 9.09. The summed E-state index contributed by atoms with van der Waals surface area (Å²) in [5.74, 6) is 3.57. The van der Waals surface area contributed by atoms with E-state index in [4.69, 9.17) is 12.7 Å². The van der Waals surface area contributed by atoms with Crippen LogP contribution in [0.3, 0.4) is 0 Å². The molecule has 256 valence electrons. The van der Waals surface area contributed by atoms with Crippen molar-refractivity contribution >= 4 is 16.6 Å². The number of hydrogen-bond acceptors (Lipinski definition) is 4. The molecule has 43 heavy (non-hydrogen) atoms. The van der Waals surface area contributed by atoms with E-state index in [1.54, 1.807) is 0 Å². The van der Waals surface area contributed by atoms with Crippen molar-refractivity contribution in [3.05, 3.63) is 0 Å². The molecule has 0 heterocycles. The minimum absolute atomic E-state index is 0.227. The van der Waals surface area contributed by atoms with Crippen molar-refractivity contribution in [2.24, 2.45) is 35.5 Å². The van der Waals surface area contributed by atoms with Gasteiger partial charge in [-0.05, 0) is 0 Å². The fourth-order valence-electron chi connectivity index (χ4n) is 8.66. The molecule has 0 radical (unpaired) electrons. The molecule has 0 aromatic rings. The van der Waals surface area contributed by atoms with Crippen LogP contribution < -0.4 is 0 Å². The van der Waals surface area contributed by atoms with E-state index in [0.717, 1.165) is 25.7 Å². The molecule has 0 atom stereocenters. The first-order valence-electron chi connectivity index (χ1n) is 18.8. The van der Waals surface area contributed by atoms with Crippen molar-refractivity contribution in [3.63, 3.8) is 0 Å². The Morgan fingerprint density at radius 1 is 0.419 bits per heavy atom. The summed E-state index contributed by atoms with van der Waals surface area (Å²) >= 11 is -4.27. The van der Waals surface area contributed by atoms with Gasteiger partial charge in [-0.2, -0.15) is 0 Å². The van der Waals surface area contributed by atoms with Crippen LogP contribution in [0.4, 0.5) is 0 Å². The summed E-state index contributed by atoms with van der Waals surface area (Å²) in [5, 5.41) is 0. The zero-order chi connectivity index (χ0) is 32.3. The summed E-state index contributed by atoms with van der Waals surface area (Å²) in [5.41, 5.74) is 0. The standard InChI is InChI=1S/2C12H27OSi.2C6H11O.Ti/c2*1-10(2)7-14(13,8-11(3)4)9-12(5)6;2*7-6-4-2-1-3-5-6;/h2*10-12H,7-9H2,1-6H3;2*6H,1-5H2;/q4*-1;+4. The van der Waals surface area contributed by atoms with Crippen molar-refractivity contribution in [2.75, 3.05) is 0 Å². The number of hydrogen-bond donors (Lipinski definition) is 0. The van der Waals surface area contributed by atoms with Crippen molar-refractivity contribution < 1.29 is 30.8 Å². The van der Waals surface area contributed by atoms with Gasteiger partial charge in [0, 0.05) is 0 Å². The van der Waals surface area contributed by atoms with E-state index in [0.29, 0.717) is 35.5 Å². The molecule has 0 N–H and O–H groups in total. The van der Waals surface area contributed by atoms with Gasteiger partial charge in [0.25, 0.3) is 0 Å². The molecule has 0 unspecified atom stereocenters. The van der Waals surface area contributed by atoms with E-state index < -0.39 is 34.8 Å². The second-order valence-electron chi connectivity index (χ2n) is 17.4. The van der Waals surface area contributed by atoms with Gasteiger partial charge in [-0.15, -0.1) is 0 Å². The fraction of sp³-hybridized carbons (Fsp3) is 1.00. The van der Waals surface area contributed by atoms with Crippen LogP contribution in [0.15, 0.2) is 0 Å². The molecule has 0 aromatic heterocycles. The zero-order valence-electron chi connectivity index (χ0n) is 31.1. The fourth-order valence-corrected chi connectivity index (χ4v) is 31.4. The van der Waals surface area contributed by atoms with Crippen LogP contribution in [-0.4, -0.2) is 28.8 Å². The normalized spacial score (nSPS) is 18.8. The van der Waals surface area contributed by atoms with Gasteiger partial charge in [-0.3, -0.25) is 0 Å². The number of rotatable bonds is 20. The second kappa shape index (κ2) is 19.1. The summed E-state index contributed by atoms with van der Waals surface area (Å²) in [7, 11) is -4.56. The van der Waals surface area contributed by atoms with Gasteiger partial charge in [0.05, 0.1) is 0 Å². The Morgan fingerprint density at radius 3 is 0.860 bits per heavy atom. The molecule has 0 amide bonds. The zero-order valence-corrected chi connectivity index (χ0v) is 34.6. The Labute approximate surface area is 277 Å². The Morgan fingerprint density at radius 2 is 0.651 bits per heavy atom. The Bertz CT molecular complexity index is 630. The molecule has 2 rings (SSSR count). The molecule has 4 nitrogen and oxygen atoms in total. The van der Waals surface area contributed by atoms with Crippen LogP contribution in [0.5, 0.6) is 0 Å². The Kier molecular flexibility index (Phi) is 17.8. The van der Waals surface area contributed by atoms with Gasteiger partial charge in [0.15, 0.2) is 0 Å². The van der Waals surface area contributed by atoms with Crippen LogP contribution in [0.25, 0.3) is 0 Å². The van der Waals surface area contributed by atoms with Crippen molar-refractivity contribution in [3.8, 4) is 0 Å². The first kappa shape index (κ1) is 40.2. The molecule has 2 fully saturated rings. The molecular weight excluding hydrogens is 600 g/mol. The van der Waals surface area contributed by atoms with E-state index >= 15 is 0 Å². The second-order valence-corrected chi connectivity index (χ2v) is 29.2. The Balaban J connectivity index is 2.79. The topological polar surface area (TPSA) is 36.9 Å². The predicted molar refractivity (Wildman–Crippen MR) is 187 cm³/mol. The van der Waals surface area contributed by atoms with Crippen LogP contribution >= 0.6 is 0 Å². The SMILES string of the molecule is CC(C)C[Si](CC(C)C)(CC(C)C)[O][Ti]([O]C1CCCCC1)([O]C1CCCCC1)[O][Si](CC(C)C)(CC(C)C)CC(C)C. The Hall–Kier alpha value is 0.988. The van der Waals surface area contributed by atoms with Crippen molar-refractivity contribution in [1.82, 2.24) is 0 Å². The molecule has 0 saturated heterocycles. The van der Waals surface area contributed by atoms with Crippen molar-refractivity contribution in [2.45, 2.75) is 196 Å². The van der Waals surface area contributed by atoms with Gasteiger partial charge in [-0.1, -0.05) is 0 Å². The van der Waals surface area contributed by atoms with E-state index in [2.05, 4.69) is 83.1 Å². The van der Waals surface area contributed by atoms with Gasteiger partial charge < -0.3 is 0 Å². The molecule has 0 spiro atoms. The predicted octanol–water partition coefficient (Wildman–Crippen LogP) is 12.4. The third-order valence-corrected chi connectivity index (χ3v) is 28.2. The van der Waals surface area contributed by atoms with Crippen LogP contribution in [0.1, 0.15) is 147 Å². The summed E-state index contributed by atoms with van der Waals surface area (Å²) in [6, 6.07) is 7.05. The average molecular weight is 677 g/mol. The summed E-state index contributed by atoms with van der Waals surface area (Å²) in [4.78, 5) is 0. The van der Waals surface area contributed by atoms with Gasteiger partial charge in [0.1, 0.15) is 0 Å². The van der Waals surface area contributed by atoms with Gasteiger partial charge in [-0.25, -0.2) is 0 Å². The van der Waals surface area contributed by atoms with Gasteiger partial charge >= 0.3 is 279 Å². The van der Waals surface area contributed by atoms with Gasteiger partial charge in [0.2, 0.25) is 0 Å². The first-order valence-corrected chi connectivity index (χ1v) is 26.4. The summed E-state index contributed by atoms with van der Waals surface area (Å²) in [6.45, 7) is 28.8. The summed E-state index contributed by atoms with van der Waals surface area (Å²) in [6.07, 6.45) is 12.7. The molecule has 0 bridgehead atoms. The molecule has 2 saturated carbocycles. The average Bonchev–Trinajstić information content (AvgIpc) is 2.82. The third kappa shape index (κ3) is 15.2. The van der Waals surface area contributed by atoms with E-state index in [1.165, 1.54) is 74.8 Å². The maximum atomic E-state index is 8.06. The van der Waals surface area contributed by atoms with E-state index in [9.17, 15) is 0 Å². The first-order chi connectivity index (χ1) is 20.1. The molecule has 0 aromatic carbocycles. The minimum atomic E-state index is -4.27. The monoisotopic (exact) mass is 676 g/mol. The molecule has 0 aliphatic heterocycles. The maximum absolute atomic E-state index is 8.06. The molecule has 2 aliphatic rings. The van der Waals surface area contributed by atoms with Crippen LogP contribution in [-0.2, 0) is 30.8 Å².